The lowest BCUT2D eigenvalue weighted by molar-refractivity contribution is 0.0999. The second-order valence-corrected chi connectivity index (χ2v) is 13.1. The minimum absolute atomic E-state index is 0.127. The van der Waals surface area contributed by atoms with Crippen molar-refractivity contribution in [3.05, 3.63) is 45.9 Å². The smallest absolute Gasteiger partial charge is 0.249 e. The van der Waals surface area contributed by atoms with Gasteiger partial charge in [0.25, 0.3) is 0 Å². The number of carbonyl (C=O) groups excluding carboxylic acids is 1. The third-order valence-electron chi connectivity index (χ3n) is 4.71. The number of rotatable bonds is 4. The summed E-state index contributed by atoms with van der Waals surface area (Å²) in [6, 6.07) is 9.79. The van der Waals surface area contributed by atoms with Crippen molar-refractivity contribution >= 4 is 40.9 Å². The third-order valence-corrected chi connectivity index (χ3v) is 9.68. The first-order chi connectivity index (χ1) is 10.5. The zero-order chi connectivity index (χ0) is 17.4. The molecule has 3 nitrogen and oxygen atoms in total. The highest BCUT2D eigenvalue weighted by Crippen LogP contribution is 2.37. The van der Waals surface area contributed by atoms with E-state index in [0.29, 0.717) is 12.2 Å². The van der Waals surface area contributed by atoms with E-state index in [1.807, 2.05) is 30.3 Å². The van der Waals surface area contributed by atoms with Crippen LogP contribution in [-0.4, -0.2) is 14.2 Å². The van der Waals surface area contributed by atoms with Crippen LogP contribution in [-0.2, 0) is 11.0 Å². The van der Waals surface area contributed by atoms with Crippen LogP contribution in [0, 0.1) is 0 Å². The first-order valence-electron chi connectivity index (χ1n) is 7.68. The molecule has 0 aliphatic heterocycles. The summed E-state index contributed by atoms with van der Waals surface area (Å²) in [5.41, 5.74) is 7.07. The van der Waals surface area contributed by atoms with Crippen molar-refractivity contribution in [1.82, 2.24) is 0 Å². The normalized spacial score (nSPS) is 12.6. The molecule has 0 saturated heterocycles. The van der Waals surface area contributed by atoms with Crippen LogP contribution in [0.2, 0.25) is 18.1 Å². The van der Waals surface area contributed by atoms with Crippen molar-refractivity contribution in [1.29, 1.82) is 0 Å². The number of fused-ring (bicyclic) bond motifs is 1. The number of amides is 1. The molecule has 2 aromatic carbocycles. The van der Waals surface area contributed by atoms with Crippen LogP contribution in [0.25, 0.3) is 10.8 Å². The van der Waals surface area contributed by atoms with Crippen molar-refractivity contribution in [2.75, 3.05) is 0 Å². The SMILES string of the molecule is CC(C)(C)[Si](C)(C)OCc1ccc2cc(Br)ccc2c1C(N)=O. The molecule has 0 fully saturated rings. The topological polar surface area (TPSA) is 52.3 Å². The fourth-order valence-electron chi connectivity index (χ4n) is 2.23. The second kappa shape index (κ2) is 6.38. The third kappa shape index (κ3) is 3.84. The molecule has 0 spiro atoms. The molecule has 0 unspecified atom stereocenters. The monoisotopic (exact) mass is 393 g/mol. The van der Waals surface area contributed by atoms with Crippen LogP contribution in [0.1, 0.15) is 36.7 Å². The molecule has 0 atom stereocenters. The van der Waals surface area contributed by atoms with E-state index in [4.69, 9.17) is 10.2 Å². The average Bonchev–Trinajstić information content (AvgIpc) is 2.42. The van der Waals surface area contributed by atoms with Gasteiger partial charge in [-0.3, -0.25) is 4.79 Å². The van der Waals surface area contributed by atoms with E-state index in [9.17, 15) is 4.79 Å². The minimum Gasteiger partial charge on any atom is -0.413 e. The van der Waals surface area contributed by atoms with Crippen molar-refractivity contribution in [2.24, 2.45) is 5.73 Å². The van der Waals surface area contributed by atoms with E-state index < -0.39 is 14.2 Å². The maximum Gasteiger partial charge on any atom is 0.249 e. The minimum atomic E-state index is -1.88. The van der Waals surface area contributed by atoms with Gasteiger partial charge in [0.1, 0.15) is 0 Å². The van der Waals surface area contributed by atoms with Gasteiger partial charge in [0.2, 0.25) is 5.91 Å². The molecule has 124 valence electrons. The van der Waals surface area contributed by atoms with Gasteiger partial charge in [-0.25, -0.2) is 0 Å². The number of nitrogens with two attached hydrogens (primary N) is 1. The Morgan fingerprint density at radius 1 is 1.22 bits per heavy atom. The Morgan fingerprint density at radius 2 is 1.87 bits per heavy atom. The van der Waals surface area contributed by atoms with E-state index in [2.05, 4.69) is 49.8 Å². The van der Waals surface area contributed by atoms with Crippen molar-refractivity contribution in [3.63, 3.8) is 0 Å². The zero-order valence-corrected chi connectivity index (χ0v) is 17.0. The van der Waals surface area contributed by atoms with E-state index in [-0.39, 0.29) is 5.04 Å². The fourth-order valence-corrected chi connectivity index (χ4v) is 3.56. The van der Waals surface area contributed by atoms with E-state index in [0.717, 1.165) is 20.8 Å². The van der Waals surface area contributed by atoms with Crippen LogP contribution in [0.3, 0.4) is 0 Å². The van der Waals surface area contributed by atoms with Gasteiger partial charge in [-0.1, -0.05) is 54.9 Å². The van der Waals surface area contributed by atoms with Crippen LogP contribution in [0.5, 0.6) is 0 Å². The lowest BCUT2D eigenvalue weighted by Crippen LogP contribution is -2.40. The Kier molecular flexibility index (Phi) is 5.04. The molecule has 2 rings (SSSR count). The molecular formula is C18H24BrNO2Si. The maximum absolute atomic E-state index is 12.0. The number of hydrogen-bond donors (Lipinski definition) is 1. The number of hydrogen-bond acceptors (Lipinski definition) is 2. The molecule has 5 heteroatoms. The summed E-state index contributed by atoms with van der Waals surface area (Å²) in [7, 11) is -1.88. The summed E-state index contributed by atoms with van der Waals surface area (Å²) >= 11 is 3.46. The summed E-state index contributed by atoms with van der Waals surface area (Å²) in [4.78, 5) is 12.0. The highest BCUT2D eigenvalue weighted by molar-refractivity contribution is 9.10. The molecule has 0 saturated carbocycles. The van der Waals surface area contributed by atoms with Crippen molar-refractivity contribution in [3.8, 4) is 0 Å². The number of primary amides is 1. The van der Waals surface area contributed by atoms with Crippen LogP contribution in [0.15, 0.2) is 34.8 Å². The summed E-state index contributed by atoms with van der Waals surface area (Å²) in [6.45, 7) is 11.4. The van der Waals surface area contributed by atoms with Gasteiger partial charge >= 0.3 is 0 Å². The Bertz CT molecular complexity index is 751. The predicted molar refractivity (Wildman–Crippen MR) is 102 cm³/mol. The molecule has 0 heterocycles. The fraction of sp³-hybridized carbons (Fsp3) is 0.389. The molecule has 2 aromatic rings. The highest BCUT2D eigenvalue weighted by atomic mass is 79.9. The van der Waals surface area contributed by atoms with Crippen LogP contribution >= 0.6 is 15.9 Å². The first-order valence-corrected chi connectivity index (χ1v) is 11.4. The standard InChI is InChI=1S/C18H24BrNO2Si/c1-18(2,3)23(4,5)22-11-13-7-6-12-10-14(19)8-9-15(12)16(13)17(20)21/h6-10H,11H2,1-5H3,(H2,20,21). The average molecular weight is 394 g/mol. The molecule has 23 heavy (non-hydrogen) atoms. The molecule has 1 amide bonds. The maximum atomic E-state index is 12.0. The van der Waals surface area contributed by atoms with Crippen molar-refractivity contribution in [2.45, 2.75) is 45.5 Å². The van der Waals surface area contributed by atoms with Crippen LogP contribution in [0.4, 0.5) is 0 Å². The molecule has 0 radical (unpaired) electrons. The molecule has 0 aromatic heterocycles. The first kappa shape index (κ1) is 18.2. The lowest BCUT2D eigenvalue weighted by atomic mass is 9.99. The van der Waals surface area contributed by atoms with E-state index >= 15 is 0 Å². The summed E-state index contributed by atoms with van der Waals surface area (Å²) in [6.07, 6.45) is 0. The Hall–Kier alpha value is -1.17. The number of halogens is 1. The van der Waals surface area contributed by atoms with Crippen LogP contribution < -0.4 is 5.73 Å². The van der Waals surface area contributed by atoms with Gasteiger partial charge in [0.05, 0.1) is 12.2 Å². The highest BCUT2D eigenvalue weighted by Gasteiger charge is 2.37. The van der Waals surface area contributed by atoms with Gasteiger partial charge in [-0.15, -0.1) is 0 Å². The summed E-state index contributed by atoms with van der Waals surface area (Å²) in [5, 5.41) is 1.99. The van der Waals surface area contributed by atoms with Crippen molar-refractivity contribution < 1.29 is 9.22 Å². The predicted octanol–water partition coefficient (Wildman–Crippen LogP) is 5.22. The lowest BCUT2D eigenvalue weighted by Gasteiger charge is -2.36. The quantitative estimate of drug-likeness (QED) is 0.723. The van der Waals surface area contributed by atoms with E-state index in [1.54, 1.807) is 0 Å². The van der Waals surface area contributed by atoms with Gasteiger partial charge < -0.3 is 10.2 Å². The zero-order valence-electron chi connectivity index (χ0n) is 14.4. The molecular weight excluding hydrogens is 370 g/mol. The van der Waals surface area contributed by atoms with E-state index in [1.165, 1.54) is 0 Å². The van der Waals surface area contributed by atoms with Gasteiger partial charge in [0.15, 0.2) is 8.32 Å². The number of benzene rings is 2. The largest absolute Gasteiger partial charge is 0.413 e. The van der Waals surface area contributed by atoms with Gasteiger partial charge in [-0.2, -0.15) is 0 Å². The molecule has 2 N–H and O–H groups in total. The van der Waals surface area contributed by atoms with Gasteiger partial charge in [0, 0.05) is 4.47 Å². The second-order valence-electron chi connectivity index (χ2n) is 7.38. The molecule has 0 aliphatic carbocycles. The summed E-state index contributed by atoms with van der Waals surface area (Å²) < 4.78 is 7.24. The Balaban J connectivity index is 2.44. The van der Waals surface area contributed by atoms with Gasteiger partial charge in [-0.05, 0) is 46.6 Å². The Morgan fingerprint density at radius 3 is 2.43 bits per heavy atom. The number of carbonyl (C=O) groups is 1. The molecule has 0 aliphatic rings. The molecule has 0 bridgehead atoms. The Labute approximate surface area is 147 Å². The summed E-state index contributed by atoms with van der Waals surface area (Å²) in [5.74, 6) is -0.410.